The van der Waals surface area contributed by atoms with Crippen LogP contribution < -0.4 is 10.2 Å². The van der Waals surface area contributed by atoms with Crippen molar-refractivity contribution in [3.63, 3.8) is 0 Å². The van der Waals surface area contributed by atoms with E-state index >= 15 is 0 Å². The lowest BCUT2D eigenvalue weighted by Gasteiger charge is -2.22. The van der Waals surface area contributed by atoms with E-state index in [1.54, 1.807) is 0 Å². The molecule has 0 radical (unpaired) electrons. The quantitative estimate of drug-likeness (QED) is 0.742. The standard InChI is InChI=1S/C16H28N2/c1-6-9-17-11-15-7-8-16(10-14(15)4)18(5)12-13(2)3/h7-8,10,13,17H,6,9,11-12H2,1-5H3. The van der Waals surface area contributed by atoms with Gasteiger partial charge in [-0.05, 0) is 49.1 Å². The highest BCUT2D eigenvalue weighted by atomic mass is 15.1. The maximum atomic E-state index is 3.46. The van der Waals surface area contributed by atoms with Gasteiger partial charge in [-0.1, -0.05) is 26.8 Å². The van der Waals surface area contributed by atoms with E-state index in [0.29, 0.717) is 5.92 Å². The second kappa shape index (κ2) is 7.42. The molecule has 0 amide bonds. The number of benzene rings is 1. The first kappa shape index (κ1) is 15.0. The summed E-state index contributed by atoms with van der Waals surface area (Å²) in [5.41, 5.74) is 4.11. The number of hydrogen-bond donors (Lipinski definition) is 1. The van der Waals surface area contributed by atoms with Gasteiger partial charge in [0.1, 0.15) is 0 Å². The topological polar surface area (TPSA) is 15.3 Å². The first-order valence-corrected chi connectivity index (χ1v) is 7.06. The number of aryl methyl sites for hydroxylation is 1. The second-order valence-electron chi connectivity index (χ2n) is 5.56. The van der Waals surface area contributed by atoms with Crippen LogP contribution in [-0.4, -0.2) is 20.1 Å². The van der Waals surface area contributed by atoms with Crippen molar-refractivity contribution >= 4 is 5.69 Å². The summed E-state index contributed by atoms with van der Waals surface area (Å²) < 4.78 is 0. The Balaban J connectivity index is 2.66. The largest absolute Gasteiger partial charge is 0.374 e. The summed E-state index contributed by atoms with van der Waals surface area (Å²) in [5.74, 6) is 0.696. The molecule has 0 saturated carbocycles. The summed E-state index contributed by atoms with van der Waals surface area (Å²) >= 11 is 0. The molecule has 0 aliphatic carbocycles. The van der Waals surface area contributed by atoms with Gasteiger partial charge in [0.2, 0.25) is 0 Å². The van der Waals surface area contributed by atoms with Gasteiger partial charge in [0.25, 0.3) is 0 Å². The van der Waals surface area contributed by atoms with Crippen LogP contribution in [0.3, 0.4) is 0 Å². The zero-order chi connectivity index (χ0) is 13.5. The first-order valence-electron chi connectivity index (χ1n) is 7.06. The summed E-state index contributed by atoms with van der Waals surface area (Å²) in [6, 6.07) is 6.79. The monoisotopic (exact) mass is 248 g/mol. The molecular formula is C16H28N2. The van der Waals surface area contributed by atoms with Crippen molar-refractivity contribution in [2.75, 3.05) is 25.0 Å². The lowest BCUT2D eigenvalue weighted by Crippen LogP contribution is -2.22. The molecular weight excluding hydrogens is 220 g/mol. The molecule has 0 aliphatic heterocycles. The summed E-state index contributed by atoms with van der Waals surface area (Å²) in [6.07, 6.45) is 1.19. The van der Waals surface area contributed by atoms with Crippen molar-refractivity contribution in [1.29, 1.82) is 0 Å². The fraction of sp³-hybridized carbons (Fsp3) is 0.625. The number of anilines is 1. The molecule has 0 bridgehead atoms. The molecule has 0 saturated heterocycles. The van der Waals surface area contributed by atoms with Gasteiger partial charge < -0.3 is 10.2 Å². The fourth-order valence-electron chi connectivity index (χ4n) is 2.17. The Morgan fingerprint density at radius 1 is 1.28 bits per heavy atom. The number of nitrogens with zero attached hydrogens (tertiary/aromatic N) is 1. The van der Waals surface area contributed by atoms with E-state index in [-0.39, 0.29) is 0 Å². The lowest BCUT2D eigenvalue weighted by atomic mass is 10.1. The van der Waals surface area contributed by atoms with Gasteiger partial charge in [-0.3, -0.25) is 0 Å². The Bertz CT molecular complexity index is 358. The van der Waals surface area contributed by atoms with Crippen LogP contribution in [0.2, 0.25) is 0 Å². The minimum Gasteiger partial charge on any atom is -0.374 e. The van der Waals surface area contributed by atoms with Gasteiger partial charge in [0, 0.05) is 25.8 Å². The third-order valence-electron chi connectivity index (χ3n) is 3.15. The molecule has 1 aromatic rings. The van der Waals surface area contributed by atoms with Crippen LogP contribution in [0, 0.1) is 12.8 Å². The van der Waals surface area contributed by atoms with Crippen molar-refractivity contribution in [2.24, 2.45) is 5.92 Å². The van der Waals surface area contributed by atoms with Crippen LogP contribution in [0.15, 0.2) is 18.2 Å². The summed E-state index contributed by atoms with van der Waals surface area (Å²) in [7, 11) is 2.17. The van der Waals surface area contributed by atoms with Crippen molar-refractivity contribution in [3.05, 3.63) is 29.3 Å². The van der Waals surface area contributed by atoms with Gasteiger partial charge in [-0.2, -0.15) is 0 Å². The highest BCUT2D eigenvalue weighted by Crippen LogP contribution is 2.19. The smallest absolute Gasteiger partial charge is 0.0366 e. The molecule has 0 atom stereocenters. The molecule has 1 aromatic carbocycles. The second-order valence-corrected chi connectivity index (χ2v) is 5.56. The molecule has 102 valence electrons. The first-order chi connectivity index (χ1) is 8.54. The van der Waals surface area contributed by atoms with E-state index in [2.05, 4.69) is 63.2 Å². The van der Waals surface area contributed by atoms with Crippen molar-refractivity contribution < 1.29 is 0 Å². The minimum absolute atomic E-state index is 0.696. The van der Waals surface area contributed by atoms with Crippen molar-refractivity contribution in [2.45, 2.75) is 40.7 Å². The van der Waals surface area contributed by atoms with Crippen LogP contribution >= 0.6 is 0 Å². The highest BCUT2D eigenvalue weighted by molar-refractivity contribution is 5.50. The molecule has 18 heavy (non-hydrogen) atoms. The van der Waals surface area contributed by atoms with Gasteiger partial charge >= 0.3 is 0 Å². The number of nitrogens with one attached hydrogen (secondary N) is 1. The molecule has 1 N–H and O–H groups in total. The zero-order valence-electron chi connectivity index (χ0n) is 12.6. The average Bonchev–Trinajstić information content (AvgIpc) is 2.30. The molecule has 0 spiro atoms. The Kier molecular flexibility index (Phi) is 6.20. The minimum atomic E-state index is 0.696. The fourth-order valence-corrected chi connectivity index (χ4v) is 2.17. The van der Waals surface area contributed by atoms with Crippen molar-refractivity contribution in [1.82, 2.24) is 5.32 Å². The van der Waals surface area contributed by atoms with Crippen LogP contribution in [0.25, 0.3) is 0 Å². The Labute approximate surface area is 112 Å². The van der Waals surface area contributed by atoms with E-state index in [9.17, 15) is 0 Å². The highest BCUT2D eigenvalue weighted by Gasteiger charge is 2.05. The zero-order valence-corrected chi connectivity index (χ0v) is 12.6. The lowest BCUT2D eigenvalue weighted by molar-refractivity contribution is 0.638. The van der Waals surface area contributed by atoms with E-state index < -0.39 is 0 Å². The maximum Gasteiger partial charge on any atom is 0.0366 e. The van der Waals surface area contributed by atoms with Crippen molar-refractivity contribution in [3.8, 4) is 0 Å². The Morgan fingerprint density at radius 2 is 2.00 bits per heavy atom. The van der Waals surface area contributed by atoms with E-state index in [4.69, 9.17) is 0 Å². The van der Waals surface area contributed by atoms with Crippen LogP contribution in [-0.2, 0) is 6.54 Å². The molecule has 0 aliphatic rings. The Morgan fingerprint density at radius 3 is 2.56 bits per heavy atom. The average molecular weight is 248 g/mol. The van der Waals surface area contributed by atoms with E-state index in [1.165, 1.54) is 23.2 Å². The molecule has 2 heteroatoms. The predicted octanol–water partition coefficient (Wildman–Crippen LogP) is 3.59. The molecule has 0 unspecified atom stereocenters. The normalized spacial score (nSPS) is 11.0. The molecule has 2 nitrogen and oxygen atoms in total. The Hall–Kier alpha value is -1.02. The van der Waals surface area contributed by atoms with E-state index in [0.717, 1.165) is 19.6 Å². The predicted molar refractivity (Wildman–Crippen MR) is 81.3 cm³/mol. The van der Waals surface area contributed by atoms with Crippen LogP contribution in [0.5, 0.6) is 0 Å². The third kappa shape index (κ3) is 4.69. The number of hydrogen-bond acceptors (Lipinski definition) is 2. The summed E-state index contributed by atoms with van der Waals surface area (Å²) in [4.78, 5) is 2.33. The van der Waals surface area contributed by atoms with Gasteiger partial charge in [0.05, 0.1) is 0 Å². The third-order valence-corrected chi connectivity index (χ3v) is 3.15. The van der Waals surface area contributed by atoms with Gasteiger partial charge in [0.15, 0.2) is 0 Å². The van der Waals surface area contributed by atoms with Crippen LogP contribution in [0.4, 0.5) is 5.69 Å². The van der Waals surface area contributed by atoms with Gasteiger partial charge in [-0.15, -0.1) is 0 Å². The molecule has 0 heterocycles. The SMILES string of the molecule is CCCNCc1ccc(N(C)CC(C)C)cc1C. The molecule has 1 rings (SSSR count). The number of rotatable bonds is 7. The summed E-state index contributed by atoms with van der Waals surface area (Å²) in [5, 5.41) is 3.46. The molecule has 0 fully saturated rings. The van der Waals surface area contributed by atoms with Crippen LogP contribution in [0.1, 0.15) is 38.3 Å². The van der Waals surface area contributed by atoms with E-state index in [1.807, 2.05) is 0 Å². The molecule has 0 aromatic heterocycles. The summed E-state index contributed by atoms with van der Waals surface area (Å²) in [6.45, 7) is 12.1. The maximum absolute atomic E-state index is 3.46. The van der Waals surface area contributed by atoms with Gasteiger partial charge in [-0.25, -0.2) is 0 Å².